The highest BCUT2D eigenvalue weighted by Gasteiger charge is 2.25. The Balaban J connectivity index is 1.57. The highest BCUT2D eigenvalue weighted by atomic mass is 32.1. The quantitative estimate of drug-likeness (QED) is 0.897. The zero-order valence-electron chi connectivity index (χ0n) is 14.3. The molecule has 1 amide bonds. The molecule has 2 aromatic rings. The number of piperidine rings is 1. The first-order valence-electron chi connectivity index (χ1n) is 8.40. The van der Waals surface area contributed by atoms with Crippen LogP contribution in [0.5, 0.6) is 0 Å². The van der Waals surface area contributed by atoms with E-state index in [1.54, 1.807) is 11.3 Å². The molecule has 0 bridgehead atoms. The van der Waals surface area contributed by atoms with Crippen molar-refractivity contribution in [2.24, 2.45) is 11.7 Å². The predicted molar refractivity (Wildman–Crippen MR) is 94.6 cm³/mol. The topological polar surface area (TPSA) is 77.0 Å². The summed E-state index contributed by atoms with van der Waals surface area (Å²) in [6.45, 7) is 6.28. The minimum absolute atomic E-state index is 0.223. The lowest BCUT2D eigenvalue weighted by Crippen LogP contribution is -2.41. The number of aromatic nitrogens is 3. The minimum atomic E-state index is -0.479. The van der Waals surface area contributed by atoms with Gasteiger partial charge in [0.25, 0.3) is 0 Å². The zero-order chi connectivity index (χ0) is 17.2. The molecule has 1 aliphatic rings. The minimum Gasteiger partial charge on any atom is -0.342 e. The molecule has 0 aliphatic carbocycles. The van der Waals surface area contributed by atoms with Gasteiger partial charge in [0.1, 0.15) is 5.69 Å². The van der Waals surface area contributed by atoms with Gasteiger partial charge in [-0.1, -0.05) is 5.21 Å². The molecule has 1 unspecified atom stereocenters. The molecule has 7 heteroatoms. The number of thiophene rings is 1. The first-order chi connectivity index (χ1) is 11.4. The number of hydrogen-bond donors (Lipinski definition) is 1. The maximum atomic E-state index is 12.5. The second kappa shape index (κ2) is 7.03. The van der Waals surface area contributed by atoms with Crippen molar-refractivity contribution in [1.29, 1.82) is 0 Å². The van der Waals surface area contributed by atoms with E-state index in [4.69, 9.17) is 5.73 Å². The zero-order valence-corrected chi connectivity index (χ0v) is 15.1. The normalized spacial score (nSPS) is 18.8. The van der Waals surface area contributed by atoms with Crippen LogP contribution in [0.15, 0.2) is 23.0 Å². The van der Waals surface area contributed by atoms with Crippen LogP contribution in [-0.2, 0) is 23.3 Å². The summed E-state index contributed by atoms with van der Waals surface area (Å²) in [6, 6.07) is 2.02. The van der Waals surface area contributed by atoms with E-state index in [0.29, 0.717) is 12.3 Å². The summed E-state index contributed by atoms with van der Waals surface area (Å²) in [4.78, 5) is 14.5. The third kappa shape index (κ3) is 4.21. The SMILES string of the molecule is CC(C)(N)c1cn(CC2CCCN(C(=O)Cc3ccsc3)C2)nn1. The summed E-state index contributed by atoms with van der Waals surface area (Å²) in [7, 11) is 0. The monoisotopic (exact) mass is 347 g/mol. The predicted octanol–water partition coefficient (Wildman–Crippen LogP) is 2.01. The molecule has 0 saturated carbocycles. The Kier molecular flexibility index (Phi) is 5.01. The number of rotatable bonds is 5. The maximum absolute atomic E-state index is 12.5. The lowest BCUT2D eigenvalue weighted by Gasteiger charge is -2.32. The van der Waals surface area contributed by atoms with Crippen LogP contribution < -0.4 is 5.73 Å². The Morgan fingerprint density at radius 1 is 1.50 bits per heavy atom. The fourth-order valence-corrected chi connectivity index (χ4v) is 3.74. The molecule has 1 atom stereocenters. The summed E-state index contributed by atoms with van der Waals surface area (Å²) < 4.78 is 1.86. The van der Waals surface area contributed by atoms with E-state index < -0.39 is 5.54 Å². The molecular formula is C17H25N5OS. The van der Waals surface area contributed by atoms with Crippen LogP contribution in [0.2, 0.25) is 0 Å². The fraction of sp³-hybridized carbons (Fsp3) is 0.588. The summed E-state index contributed by atoms with van der Waals surface area (Å²) in [5.74, 6) is 0.640. The molecule has 2 aromatic heterocycles. The number of amides is 1. The summed E-state index contributed by atoms with van der Waals surface area (Å²) in [6.07, 6.45) is 4.59. The smallest absolute Gasteiger partial charge is 0.227 e. The van der Waals surface area contributed by atoms with E-state index >= 15 is 0 Å². The van der Waals surface area contributed by atoms with Gasteiger partial charge in [-0.2, -0.15) is 11.3 Å². The van der Waals surface area contributed by atoms with Crippen LogP contribution in [0.1, 0.15) is 37.9 Å². The van der Waals surface area contributed by atoms with Gasteiger partial charge in [0.15, 0.2) is 0 Å². The third-order valence-corrected chi connectivity index (χ3v) is 5.18. The second-order valence-electron chi connectivity index (χ2n) is 7.20. The van der Waals surface area contributed by atoms with Crippen LogP contribution in [0.4, 0.5) is 0 Å². The van der Waals surface area contributed by atoms with Crippen molar-refractivity contribution in [3.8, 4) is 0 Å². The molecule has 0 spiro atoms. The number of likely N-dealkylation sites (tertiary alicyclic amines) is 1. The van der Waals surface area contributed by atoms with Crippen molar-refractivity contribution in [2.45, 2.75) is 45.2 Å². The molecular weight excluding hydrogens is 322 g/mol. The van der Waals surface area contributed by atoms with Gasteiger partial charge in [-0.3, -0.25) is 9.48 Å². The van der Waals surface area contributed by atoms with E-state index in [-0.39, 0.29) is 5.91 Å². The number of hydrogen-bond acceptors (Lipinski definition) is 5. The van der Waals surface area contributed by atoms with Crippen LogP contribution in [0, 0.1) is 5.92 Å². The van der Waals surface area contributed by atoms with Gasteiger partial charge >= 0.3 is 0 Å². The first kappa shape index (κ1) is 17.1. The highest BCUT2D eigenvalue weighted by Crippen LogP contribution is 2.20. The van der Waals surface area contributed by atoms with Crippen molar-refractivity contribution >= 4 is 17.2 Å². The number of carbonyl (C=O) groups excluding carboxylic acids is 1. The van der Waals surface area contributed by atoms with E-state index in [9.17, 15) is 4.79 Å². The Morgan fingerprint density at radius 3 is 3.00 bits per heavy atom. The summed E-state index contributed by atoms with van der Waals surface area (Å²) in [5, 5.41) is 12.4. The van der Waals surface area contributed by atoms with Gasteiger partial charge in [0.05, 0.1) is 18.2 Å². The van der Waals surface area contributed by atoms with Gasteiger partial charge in [-0.05, 0) is 55.0 Å². The average Bonchev–Trinajstić information content (AvgIpc) is 3.18. The number of carbonyl (C=O) groups is 1. The van der Waals surface area contributed by atoms with Crippen molar-refractivity contribution in [1.82, 2.24) is 19.9 Å². The standard InChI is InChI=1S/C17H25N5OS/c1-17(2,18)15-11-22(20-19-15)10-14-4-3-6-21(9-14)16(23)8-13-5-7-24-12-13/h5,7,11-12,14H,3-4,6,8-10,18H2,1-2H3. The Bertz CT molecular complexity index is 673. The molecule has 0 radical (unpaired) electrons. The van der Waals surface area contributed by atoms with Crippen LogP contribution in [-0.4, -0.2) is 38.9 Å². The van der Waals surface area contributed by atoms with E-state index in [0.717, 1.165) is 43.7 Å². The Labute approximate surface area is 146 Å². The average molecular weight is 347 g/mol. The lowest BCUT2D eigenvalue weighted by atomic mass is 9.97. The van der Waals surface area contributed by atoms with Gasteiger partial charge in [0.2, 0.25) is 5.91 Å². The lowest BCUT2D eigenvalue weighted by molar-refractivity contribution is -0.132. The maximum Gasteiger partial charge on any atom is 0.227 e. The Morgan fingerprint density at radius 2 is 2.33 bits per heavy atom. The molecule has 6 nitrogen and oxygen atoms in total. The fourth-order valence-electron chi connectivity index (χ4n) is 3.07. The number of nitrogens with two attached hydrogens (primary N) is 1. The molecule has 1 aliphatic heterocycles. The highest BCUT2D eigenvalue weighted by molar-refractivity contribution is 7.07. The van der Waals surface area contributed by atoms with E-state index in [1.165, 1.54) is 0 Å². The summed E-state index contributed by atoms with van der Waals surface area (Å²) in [5.41, 5.74) is 7.49. The first-order valence-corrected chi connectivity index (χ1v) is 9.34. The van der Waals surface area contributed by atoms with Crippen molar-refractivity contribution in [3.63, 3.8) is 0 Å². The largest absolute Gasteiger partial charge is 0.342 e. The third-order valence-electron chi connectivity index (χ3n) is 4.45. The molecule has 3 heterocycles. The van der Waals surface area contributed by atoms with Crippen LogP contribution in [0.3, 0.4) is 0 Å². The van der Waals surface area contributed by atoms with Gasteiger partial charge in [-0.25, -0.2) is 0 Å². The van der Waals surface area contributed by atoms with Crippen molar-refractivity contribution in [2.75, 3.05) is 13.1 Å². The van der Waals surface area contributed by atoms with E-state index in [2.05, 4.69) is 10.3 Å². The van der Waals surface area contributed by atoms with Crippen molar-refractivity contribution < 1.29 is 4.79 Å². The molecule has 24 heavy (non-hydrogen) atoms. The van der Waals surface area contributed by atoms with E-state index in [1.807, 2.05) is 46.5 Å². The van der Waals surface area contributed by atoms with Gasteiger partial charge < -0.3 is 10.6 Å². The Hall–Kier alpha value is -1.73. The molecule has 1 saturated heterocycles. The van der Waals surface area contributed by atoms with Gasteiger partial charge in [0, 0.05) is 19.6 Å². The molecule has 2 N–H and O–H groups in total. The molecule has 130 valence electrons. The summed E-state index contributed by atoms with van der Waals surface area (Å²) >= 11 is 1.64. The van der Waals surface area contributed by atoms with Crippen molar-refractivity contribution in [3.05, 3.63) is 34.3 Å². The molecule has 0 aromatic carbocycles. The second-order valence-corrected chi connectivity index (χ2v) is 7.98. The number of nitrogens with zero attached hydrogens (tertiary/aromatic N) is 4. The molecule has 3 rings (SSSR count). The van der Waals surface area contributed by atoms with Crippen LogP contribution >= 0.6 is 11.3 Å². The molecule has 1 fully saturated rings. The van der Waals surface area contributed by atoms with Crippen LogP contribution in [0.25, 0.3) is 0 Å². The van der Waals surface area contributed by atoms with Gasteiger partial charge in [-0.15, -0.1) is 5.10 Å².